The summed E-state index contributed by atoms with van der Waals surface area (Å²) in [5.74, 6) is -0.201. The lowest BCUT2D eigenvalue weighted by molar-refractivity contribution is 0.149. The largest absolute Gasteiger partial charge is 0.385 e. The van der Waals surface area contributed by atoms with Gasteiger partial charge in [-0.25, -0.2) is 0 Å². The van der Waals surface area contributed by atoms with Crippen molar-refractivity contribution in [2.24, 2.45) is 0 Å². The average Bonchev–Trinajstić information content (AvgIpc) is 2.57. The molecular formula is C10H16N3O4P. The first-order valence-corrected chi connectivity index (χ1v) is 6.97. The van der Waals surface area contributed by atoms with E-state index in [1.807, 2.05) is 0 Å². The van der Waals surface area contributed by atoms with Gasteiger partial charge < -0.3 is 19.3 Å². The molecule has 0 aliphatic carbocycles. The first-order valence-electron chi connectivity index (χ1n) is 5.42. The van der Waals surface area contributed by atoms with Crippen molar-refractivity contribution in [1.29, 1.82) is 5.26 Å². The van der Waals surface area contributed by atoms with Crippen molar-refractivity contribution >= 4 is 18.9 Å². The van der Waals surface area contributed by atoms with E-state index in [1.54, 1.807) is 33.8 Å². The summed E-state index contributed by atoms with van der Waals surface area (Å²) in [6.45, 7) is 6.80. The fraction of sp³-hybridized carbons (Fsp3) is 0.600. The molecule has 1 heterocycles. The van der Waals surface area contributed by atoms with Crippen molar-refractivity contribution in [3.63, 3.8) is 0 Å². The third-order valence-corrected chi connectivity index (χ3v) is 3.99. The van der Waals surface area contributed by atoms with E-state index in [0.717, 1.165) is 0 Å². The molecule has 0 aliphatic heterocycles. The van der Waals surface area contributed by atoms with Crippen LogP contribution in [0.25, 0.3) is 0 Å². The zero-order valence-electron chi connectivity index (χ0n) is 10.7. The lowest BCUT2D eigenvalue weighted by atomic mass is 10.4. The number of anilines is 1. The molecule has 0 aliphatic rings. The van der Waals surface area contributed by atoms with Gasteiger partial charge in [0.2, 0.25) is 11.3 Å². The minimum absolute atomic E-state index is 0.111. The van der Waals surface area contributed by atoms with E-state index in [4.69, 9.17) is 20.0 Å². The molecule has 0 aromatic carbocycles. The Morgan fingerprint density at radius 1 is 1.33 bits per heavy atom. The Morgan fingerprint density at radius 2 is 1.83 bits per heavy atom. The van der Waals surface area contributed by atoms with E-state index < -0.39 is 7.60 Å². The predicted molar refractivity (Wildman–Crippen MR) is 65.3 cm³/mol. The fourth-order valence-electron chi connectivity index (χ4n) is 1.27. The molecule has 1 aromatic rings. The van der Waals surface area contributed by atoms with Gasteiger partial charge in [0.25, 0.3) is 0 Å². The van der Waals surface area contributed by atoms with Gasteiger partial charge in [-0.15, -0.1) is 0 Å². The number of nitriles is 1. The van der Waals surface area contributed by atoms with Crippen LogP contribution in [0, 0.1) is 11.3 Å². The van der Waals surface area contributed by atoms with Gasteiger partial charge in [0.05, 0.1) is 12.2 Å². The van der Waals surface area contributed by atoms with Crippen LogP contribution in [0.3, 0.4) is 0 Å². The molecule has 0 bridgehead atoms. The molecular weight excluding hydrogens is 257 g/mol. The highest BCUT2D eigenvalue weighted by Crippen LogP contribution is 2.50. The van der Waals surface area contributed by atoms with Crippen LogP contribution < -0.4 is 11.2 Å². The lowest BCUT2D eigenvalue weighted by Crippen LogP contribution is -2.19. The van der Waals surface area contributed by atoms with Crippen molar-refractivity contribution in [2.45, 2.75) is 39.9 Å². The SMILES string of the molecule is CC(C)OP(=O)(OC(C)C)c1noc(N)c1C#N. The van der Waals surface area contributed by atoms with Gasteiger partial charge in [-0.3, -0.25) is 4.57 Å². The van der Waals surface area contributed by atoms with Crippen molar-refractivity contribution in [1.82, 2.24) is 5.16 Å². The molecule has 0 fully saturated rings. The van der Waals surface area contributed by atoms with E-state index >= 15 is 0 Å². The molecule has 18 heavy (non-hydrogen) atoms. The van der Waals surface area contributed by atoms with E-state index in [1.165, 1.54) is 0 Å². The quantitative estimate of drug-likeness (QED) is 0.814. The van der Waals surface area contributed by atoms with Gasteiger partial charge in [-0.05, 0) is 27.7 Å². The Kier molecular flexibility index (Phi) is 4.52. The van der Waals surface area contributed by atoms with E-state index in [-0.39, 0.29) is 29.1 Å². The van der Waals surface area contributed by atoms with Crippen LogP contribution in [0.1, 0.15) is 33.3 Å². The smallest absolute Gasteiger partial charge is 0.366 e. The molecule has 2 N–H and O–H groups in total. The van der Waals surface area contributed by atoms with Crippen molar-refractivity contribution in [3.8, 4) is 6.07 Å². The topological polar surface area (TPSA) is 111 Å². The van der Waals surface area contributed by atoms with Gasteiger partial charge in [0.1, 0.15) is 6.07 Å². The summed E-state index contributed by atoms with van der Waals surface area (Å²) in [5, 5.41) is 12.5. The van der Waals surface area contributed by atoms with E-state index in [0.29, 0.717) is 0 Å². The number of hydrogen-bond donors (Lipinski definition) is 1. The number of aromatic nitrogens is 1. The average molecular weight is 273 g/mol. The first kappa shape index (κ1) is 14.7. The predicted octanol–water partition coefficient (Wildman–Crippen LogP) is 1.80. The normalized spacial score (nSPS) is 12.1. The molecule has 0 radical (unpaired) electrons. The lowest BCUT2D eigenvalue weighted by Gasteiger charge is -2.20. The summed E-state index contributed by atoms with van der Waals surface area (Å²) in [7, 11) is -3.72. The Bertz CT molecular complexity index is 490. The van der Waals surface area contributed by atoms with Gasteiger partial charge in [0, 0.05) is 0 Å². The van der Waals surface area contributed by atoms with Crippen LogP contribution in [0.15, 0.2) is 4.52 Å². The number of nitrogens with two attached hydrogens (primary N) is 1. The third-order valence-electron chi connectivity index (χ3n) is 1.77. The zero-order valence-corrected chi connectivity index (χ0v) is 11.6. The second kappa shape index (κ2) is 5.53. The third kappa shape index (κ3) is 3.10. The zero-order chi connectivity index (χ0) is 13.9. The highest BCUT2D eigenvalue weighted by atomic mass is 31.2. The highest BCUT2D eigenvalue weighted by molar-refractivity contribution is 7.62. The number of nitrogens with zero attached hydrogens (tertiary/aromatic N) is 2. The second-order valence-corrected chi connectivity index (χ2v) is 6.00. The highest BCUT2D eigenvalue weighted by Gasteiger charge is 2.38. The summed E-state index contributed by atoms with van der Waals surface area (Å²) in [5.41, 5.74) is 5.14. The van der Waals surface area contributed by atoms with Crippen molar-refractivity contribution in [3.05, 3.63) is 5.56 Å². The van der Waals surface area contributed by atoms with Gasteiger partial charge in [-0.2, -0.15) is 5.26 Å². The van der Waals surface area contributed by atoms with Crippen LogP contribution in [-0.2, 0) is 13.6 Å². The van der Waals surface area contributed by atoms with E-state index in [9.17, 15) is 4.57 Å². The monoisotopic (exact) mass is 273 g/mol. The molecule has 0 saturated carbocycles. The van der Waals surface area contributed by atoms with E-state index in [2.05, 4.69) is 9.68 Å². The summed E-state index contributed by atoms with van der Waals surface area (Å²) in [6.07, 6.45) is -0.724. The standard InChI is InChI=1S/C10H16N3O4P/c1-6(2)16-18(14,17-7(3)4)10-8(5-11)9(12)15-13-10/h6-7H,12H2,1-4H3. The van der Waals surface area contributed by atoms with Crippen LogP contribution >= 0.6 is 7.60 Å². The second-order valence-electron chi connectivity index (χ2n) is 4.16. The van der Waals surface area contributed by atoms with Crippen molar-refractivity contribution in [2.75, 3.05) is 5.73 Å². The summed E-state index contributed by atoms with van der Waals surface area (Å²) >= 11 is 0. The number of rotatable bonds is 5. The maximum absolute atomic E-state index is 12.7. The van der Waals surface area contributed by atoms with Crippen LogP contribution in [-0.4, -0.2) is 17.4 Å². The Hall–Kier alpha value is -1.35. The van der Waals surface area contributed by atoms with Gasteiger partial charge >= 0.3 is 7.60 Å². The fourth-order valence-corrected chi connectivity index (χ4v) is 3.20. The molecule has 7 nitrogen and oxygen atoms in total. The van der Waals surface area contributed by atoms with Gasteiger partial charge in [0.15, 0.2) is 5.56 Å². The molecule has 0 spiro atoms. The molecule has 0 amide bonds. The van der Waals surface area contributed by atoms with Crippen molar-refractivity contribution < 1.29 is 18.1 Å². The molecule has 100 valence electrons. The Morgan fingerprint density at radius 3 is 2.22 bits per heavy atom. The minimum Gasteiger partial charge on any atom is -0.366 e. The summed E-state index contributed by atoms with van der Waals surface area (Å²) in [4.78, 5) is 0. The first-order chi connectivity index (χ1) is 8.30. The Balaban J connectivity index is 3.26. The number of nitrogen functional groups attached to an aromatic ring is 1. The molecule has 1 aromatic heterocycles. The van der Waals surface area contributed by atoms with Crippen LogP contribution in [0.2, 0.25) is 0 Å². The number of hydrogen-bond acceptors (Lipinski definition) is 7. The summed E-state index contributed by atoms with van der Waals surface area (Å²) in [6, 6.07) is 1.78. The Labute approximate surface area is 105 Å². The molecule has 1 rings (SSSR count). The summed E-state index contributed by atoms with van der Waals surface area (Å²) < 4.78 is 27.9. The van der Waals surface area contributed by atoms with Gasteiger partial charge in [-0.1, -0.05) is 5.16 Å². The maximum Gasteiger partial charge on any atom is 0.385 e. The molecule has 0 saturated heterocycles. The molecule has 8 heteroatoms. The maximum atomic E-state index is 12.7. The van der Waals surface area contributed by atoms with Crippen LogP contribution in [0.4, 0.5) is 5.88 Å². The molecule has 0 unspecified atom stereocenters. The van der Waals surface area contributed by atoms with Crippen LogP contribution in [0.5, 0.6) is 0 Å². The molecule has 0 atom stereocenters. The minimum atomic E-state index is -3.72.